The SMILES string of the molecule is Cc1cc(NC2CCCN(c3ccccc3)C2)ncc1[N+](=O)[O-]. The molecule has 1 N–H and O–H groups in total. The van der Waals surface area contributed by atoms with Crippen molar-refractivity contribution in [1.82, 2.24) is 4.98 Å². The second kappa shape index (κ2) is 6.64. The Morgan fingerprint density at radius 3 is 2.83 bits per heavy atom. The van der Waals surface area contributed by atoms with Crippen molar-refractivity contribution in [3.63, 3.8) is 0 Å². The number of nitro groups is 1. The molecule has 3 rings (SSSR count). The van der Waals surface area contributed by atoms with Gasteiger partial charge in [0.1, 0.15) is 12.0 Å². The molecule has 1 atom stereocenters. The summed E-state index contributed by atoms with van der Waals surface area (Å²) in [5, 5.41) is 14.3. The summed E-state index contributed by atoms with van der Waals surface area (Å²) in [4.78, 5) is 17.0. The van der Waals surface area contributed by atoms with Crippen LogP contribution in [0.5, 0.6) is 0 Å². The lowest BCUT2D eigenvalue weighted by atomic mass is 10.0. The number of nitrogens with one attached hydrogen (secondary N) is 1. The fourth-order valence-corrected chi connectivity index (χ4v) is 3.00. The maximum atomic E-state index is 10.9. The molecule has 0 spiro atoms. The summed E-state index contributed by atoms with van der Waals surface area (Å²) in [5.74, 6) is 0.702. The summed E-state index contributed by atoms with van der Waals surface area (Å²) in [6.45, 7) is 3.69. The number of benzene rings is 1. The smallest absolute Gasteiger partial charge is 0.290 e. The summed E-state index contributed by atoms with van der Waals surface area (Å²) in [6.07, 6.45) is 3.51. The van der Waals surface area contributed by atoms with Gasteiger partial charge in [-0.3, -0.25) is 10.1 Å². The molecule has 1 aliphatic heterocycles. The minimum atomic E-state index is -0.399. The van der Waals surface area contributed by atoms with Crippen LogP contribution < -0.4 is 10.2 Å². The highest BCUT2D eigenvalue weighted by molar-refractivity contribution is 5.49. The predicted molar refractivity (Wildman–Crippen MR) is 90.9 cm³/mol. The molecule has 0 amide bonds. The van der Waals surface area contributed by atoms with E-state index in [0.29, 0.717) is 11.4 Å². The Morgan fingerprint density at radius 1 is 1.35 bits per heavy atom. The van der Waals surface area contributed by atoms with Crippen LogP contribution in [0.3, 0.4) is 0 Å². The highest BCUT2D eigenvalue weighted by atomic mass is 16.6. The average Bonchev–Trinajstić information content (AvgIpc) is 2.56. The van der Waals surface area contributed by atoms with Crippen molar-refractivity contribution in [3.8, 4) is 0 Å². The molecule has 120 valence electrons. The normalized spacial score (nSPS) is 17.8. The Morgan fingerprint density at radius 2 is 2.13 bits per heavy atom. The number of pyridine rings is 1. The van der Waals surface area contributed by atoms with Gasteiger partial charge in [-0.15, -0.1) is 0 Å². The van der Waals surface area contributed by atoms with Gasteiger partial charge in [-0.25, -0.2) is 4.98 Å². The molecule has 2 aromatic rings. The van der Waals surface area contributed by atoms with Crippen LogP contribution in [0, 0.1) is 17.0 Å². The van der Waals surface area contributed by atoms with Crippen LogP contribution in [0.15, 0.2) is 42.6 Å². The second-order valence-corrected chi connectivity index (χ2v) is 5.88. The summed E-state index contributed by atoms with van der Waals surface area (Å²) in [7, 11) is 0. The molecule has 2 heterocycles. The van der Waals surface area contributed by atoms with Gasteiger partial charge in [0.15, 0.2) is 0 Å². The molecule has 1 aliphatic rings. The van der Waals surface area contributed by atoms with Crippen molar-refractivity contribution in [2.24, 2.45) is 0 Å². The highest BCUT2D eigenvalue weighted by Crippen LogP contribution is 2.23. The van der Waals surface area contributed by atoms with Gasteiger partial charge in [-0.2, -0.15) is 0 Å². The molecule has 0 bridgehead atoms. The maximum Gasteiger partial charge on any atom is 0.290 e. The van der Waals surface area contributed by atoms with Crippen molar-refractivity contribution >= 4 is 17.2 Å². The number of anilines is 2. The quantitative estimate of drug-likeness (QED) is 0.692. The number of hydrogen-bond donors (Lipinski definition) is 1. The first kappa shape index (κ1) is 15.3. The zero-order valence-corrected chi connectivity index (χ0v) is 13.1. The van der Waals surface area contributed by atoms with Crippen molar-refractivity contribution in [3.05, 3.63) is 58.3 Å². The topological polar surface area (TPSA) is 71.3 Å². The first-order chi connectivity index (χ1) is 11.1. The lowest BCUT2D eigenvalue weighted by Crippen LogP contribution is -2.42. The Bertz CT molecular complexity index is 690. The van der Waals surface area contributed by atoms with Crippen LogP contribution in [-0.4, -0.2) is 29.0 Å². The average molecular weight is 312 g/mol. The lowest BCUT2D eigenvalue weighted by molar-refractivity contribution is -0.385. The monoisotopic (exact) mass is 312 g/mol. The van der Waals surface area contributed by atoms with Crippen LogP contribution in [0.2, 0.25) is 0 Å². The van der Waals surface area contributed by atoms with Crippen LogP contribution in [-0.2, 0) is 0 Å². The molecule has 0 aliphatic carbocycles. The number of aryl methyl sites for hydroxylation is 1. The second-order valence-electron chi connectivity index (χ2n) is 5.88. The fourth-order valence-electron chi connectivity index (χ4n) is 3.00. The number of para-hydroxylation sites is 1. The zero-order chi connectivity index (χ0) is 16.2. The van der Waals surface area contributed by atoms with E-state index in [1.54, 1.807) is 13.0 Å². The van der Waals surface area contributed by atoms with Crippen molar-refractivity contribution < 1.29 is 4.92 Å². The third-order valence-electron chi connectivity index (χ3n) is 4.17. The van der Waals surface area contributed by atoms with E-state index in [1.807, 2.05) is 18.2 Å². The van der Waals surface area contributed by atoms with Gasteiger partial charge in [-0.05, 0) is 38.0 Å². The van der Waals surface area contributed by atoms with Crippen molar-refractivity contribution in [1.29, 1.82) is 0 Å². The lowest BCUT2D eigenvalue weighted by Gasteiger charge is -2.35. The van der Waals surface area contributed by atoms with E-state index in [0.717, 1.165) is 25.9 Å². The standard InChI is InChI=1S/C17H20N4O2/c1-13-10-17(18-11-16(13)21(22)23)19-14-6-5-9-20(12-14)15-7-3-2-4-8-15/h2-4,7-8,10-11,14H,5-6,9,12H2,1H3,(H,18,19). The van der Waals surface area contributed by atoms with Gasteiger partial charge in [-0.1, -0.05) is 18.2 Å². The zero-order valence-electron chi connectivity index (χ0n) is 13.1. The van der Waals surface area contributed by atoms with Gasteiger partial charge >= 0.3 is 0 Å². The molecular weight excluding hydrogens is 292 g/mol. The number of hydrogen-bond acceptors (Lipinski definition) is 5. The first-order valence-electron chi connectivity index (χ1n) is 7.81. The highest BCUT2D eigenvalue weighted by Gasteiger charge is 2.21. The van der Waals surface area contributed by atoms with E-state index in [1.165, 1.54) is 11.9 Å². The Hall–Kier alpha value is -2.63. The molecule has 1 aromatic heterocycles. The number of piperidine rings is 1. The molecule has 23 heavy (non-hydrogen) atoms. The number of nitrogens with zero attached hydrogens (tertiary/aromatic N) is 3. The maximum absolute atomic E-state index is 10.9. The molecular formula is C17H20N4O2. The molecule has 0 radical (unpaired) electrons. The minimum absolute atomic E-state index is 0.0603. The third kappa shape index (κ3) is 3.59. The van der Waals surface area contributed by atoms with E-state index in [9.17, 15) is 10.1 Å². The summed E-state index contributed by atoms with van der Waals surface area (Å²) in [5.41, 5.74) is 1.92. The molecule has 1 unspecified atom stereocenters. The van der Waals surface area contributed by atoms with Gasteiger partial charge in [0.25, 0.3) is 5.69 Å². The van der Waals surface area contributed by atoms with Gasteiger partial charge < -0.3 is 10.2 Å². The van der Waals surface area contributed by atoms with Crippen LogP contribution in [0.1, 0.15) is 18.4 Å². The van der Waals surface area contributed by atoms with Crippen molar-refractivity contribution in [2.75, 3.05) is 23.3 Å². The Labute approximate surface area is 135 Å². The summed E-state index contributed by atoms with van der Waals surface area (Å²) in [6, 6.07) is 12.4. The Balaban J connectivity index is 1.68. The summed E-state index contributed by atoms with van der Waals surface area (Å²) >= 11 is 0. The first-order valence-corrected chi connectivity index (χ1v) is 7.81. The van der Waals surface area contributed by atoms with Gasteiger partial charge in [0, 0.05) is 30.4 Å². The van der Waals surface area contributed by atoms with E-state index in [-0.39, 0.29) is 11.7 Å². The number of rotatable bonds is 4. The van der Waals surface area contributed by atoms with E-state index in [2.05, 4.69) is 27.3 Å². The van der Waals surface area contributed by atoms with Crippen LogP contribution in [0.25, 0.3) is 0 Å². The largest absolute Gasteiger partial charge is 0.369 e. The van der Waals surface area contributed by atoms with Crippen LogP contribution >= 0.6 is 0 Å². The summed E-state index contributed by atoms with van der Waals surface area (Å²) < 4.78 is 0. The molecule has 6 nitrogen and oxygen atoms in total. The van der Waals surface area contributed by atoms with E-state index >= 15 is 0 Å². The molecule has 6 heteroatoms. The van der Waals surface area contributed by atoms with Crippen molar-refractivity contribution in [2.45, 2.75) is 25.8 Å². The van der Waals surface area contributed by atoms with Gasteiger partial charge in [0.2, 0.25) is 0 Å². The third-order valence-corrected chi connectivity index (χ3v) is 4.17. The number of aromatic nitrogens is 1. The minimum Gasteiger partial charge on any atom is -0.369 e. The van der Waals surface area contributed by atoms with Crippen LogP contribution in [0.4, 0.5) is 17.2 Å². The van der Waals surface area contributed by atoms with E-state index < -0.39 is 4.92 Å². The molecule has 1 aromatic carbocycles. The Kier molecular flexibility index (Phi) is 4.41. The van der Waals surface area contributed by atoms with Gasteiger partial charge in [0.05, 0.1) is 4.92 Å². The molecule has 1 fully saturated rings. The van der Waals surface area contributed by atoms with E-state index in [4.69, 9.17) is 0 Å². The molecule has 1 saturated heterocycles. The fraction of sp³-hybridized carbons (Fsp3) is 0.353. The predicted octanol–water partition coefficient (Wildman–Crippen LogP) is 3.38. The molecule has 0 saturated carbocycles.